The fourth-order valence-electron chi connectivity index (χ4n) is 4.49. The van der Waals surface area contributed by atoms with Crippen molar-refractivity contribution in [3.8, 4) is 5.75 Å². The number of hydrogen-bond donors (Lipinski definition) is 0. The van der Waals surface area contributed by atoms with Crippen molar-refractivity contribution < 1.29 is 23.6 Å². The van der Waals surface area contributed by atoms with Crippen molar-refractivity contribution in [3.63, 3.8) is 0 Å². The molecule has 0 aromatic heterocycles. The molecule has 0 spiro atoms. The summed E-state index contributed by atoms with van der Waals surface area (Å²) < 4.78 is 19.3. The first-order valence-electron chi connectivity index (χ1n) is 11.5. The van der Waals surface area contributed by atoms with Crippen molar-refractivity contribution in [2.45, 2.75) is 31.9 Å². The summed E-state index contributed by atoms with van der Waals surface area (Å²) in [6.07, 6.45) is 1.02. The Balaban J connectivity index is 1.46. The van der Waals surface area contributed by atoms with Crippen LogP contribution in [0.15, 0.2) is 78.9 Å². The zero-order valence-electron chi connectivity index (χ0n) is 18.8. The third-order valence-corrected chi connectivity index (χ3v) is 6.20. The number of hydroxylamine groups is 1. The van der Waals surface area contributed by atoms with Crippen LogP contribution in [0.1, 0.15) is 31.4 Å². The fraction of sp³-hybridized carbons (Fsp3) is 0.259. The van der Waals surface area contributed by atoms with Crippen molar-refractivity contribution in [3.05, 3.63) is 90.2 Å². The average molecular weight is 461 g/mol. The van der Waals surface area contributed by atoms with Crippen LogP contribution < -0.4 is 14.7 Å². The van der Waals surface area contributed by atoms with Crippen LogP contribution in [0, 0.1) is 11.7 Å². The van der Waals surface area contributed by atoms with Crippen LogP contribution in [0.25, 0.3) is 0 Å². The van der Waals surface area contributed by atoms with Crippen LogP contribution >= 0.6 is 0 Å². The van der Waals surface area contributed by atoms with Gasteiger partial charge < -0.3 is 4.74 Å². The number of halogens is 1. The minimum absolute atomic E-state index is 0.345. The normalized spacial score (nSPS) is 21.8. The maximum absolute atomic E-state index is 13.6. The summed E-state index contributed by atoms with van der Waals surface area (Å²) in [5, 5.41) is 1.60. The van der Waals surface area contributed by atoms with Crippen molar-refractivity contribution in [1.29, 1.82) is 0 Å². The third kappa shape index (κ3) is 3.92. The molecule has 2 amide bonds. The molecule has 0 N–H and O–H groups in total. The van der Waals surface area contributed by atoms with Gasteiger partial charge in [-0.2, -0.15) is 0 Å². The highest BCUT2D eigenvalue weighted by atomic mass is 19.1. The molecular weight excluding hydrogens is 435 g/mol. The van der Waals surface area contributed by atoms with Gasteiger partial charge in [0.25, 0.3) is 5.91 Å². The first kappa shape index (κ1) is 22.1. The number of unbranched alkanes of at least 4 members (excludes halogenated alkanes) is 1. The lowest BCUT2D eigenvalue weighted by atomic mass is 9.90. The Morgan fingerprint density at radius 2 is 1.59 bits per heavy atom. The molecule has 2 heterocycles. The number of nitrogens with zero attached hydrogens (tertiary/aromatic N) is 2. The van der Waals surface area contributed by atoms with Gasteiger partial charge in [-0.1, -0.05) is 43.7 Å². The molecular formula is C27H25FN2O4. The second kappa shape index (κ2) is 9.27. The molecule has 0 unspecified atom stereocenters. The standard InChI is InChI=1S/C27H25FN2O4/c1-2-3-17-33-22-15-13-20(14-16-22)29-26(31)23-24(18-9-11-19(28)12-10-18)30(34-25(23)27(29)32)21-7-5-4-6-8-21/h4-16,23-25H,2-3,17H2,1H3/t23-,24-,25-/m0/s1. The Labute approximate surface area is 197 Å². The highest BCUT2D eigenvalue weighted by Crippen LogP contribution is 2.47. The van der Waals surface area contributed by atoms with Crippen LogP contribution in [0.3, 0.4) is 0 Å². The molecule has 0 bridgehead atoms. The Morgan fingerprint density at radius 3 is 2.26 bits per heavy atom. The molecule has 0 aliphatic carbocycles. The Bertz CT molecular complexity index is 1170. The summed E-state index contributed by atoms with van der Waals surface area (Å²) in [5.74, 6) is -1.21. The number of carbonyl (C=O) groups excluding carboxylic acids is 2. The number of rotatable bonds is 7. The molecule has 3 aromatic carbocycles. The van der Waals surface area contributed by atoms with E-state index in [2.05, 4.69) is 6.92 Å². The lowest BCUT2D eigenvalue weighted by Gasteiger charge is -2.28. The largest absolute Gasteiger partial charge is 0.494 e. The van der Waals surface area contributed by atoms with Crippen LogP contribution in [0.2, 0.25) is 0 Å². The van der Waals surface area contributed by atoms with Crippen molar-refractivity contribution in [1.82, 2.24) is 0 Å². The molecule has 2 aliphatic heterocycles. The summed E-state index contributed by atoms with van der Waals surface area (Å²) >= 11 is 0. The lowest BCUT2D eigenvalue weighted by molar-refractivity contribution is -0.126. The van der Waals surface area contributed by atoms with Crippen LogP contribution in [0.5, 0.6) is 5.75 Å². The summed E-state index contributed by atoms with van der Waals surface area (Å²) in [6, 6.07) is 21.6. The number of imide groups is 1. The number of carbonyl (C=O) groups is 2. The molecule has 7 heteroatoms. The molecule has 5 rings (SSSR count). The van der Waals surface area contributed by atoms with Crippen molar-refractivity contribution in [2.75, 3.05) is 16.6 Å². The van der Waals surface area contributed by atoms with E-state index in [0.29, 0.717) is 29.3 Å². The van der Waals surface area contributed by atoms with Gasteiger partial charge in [0.2, 0.25) is 5.91 Å². The smallest absolute Gasteiger partial charge is 0.266 e. The van der Waals surface area contributed by atoms with E-state index in [1.807, 2.05) is 30.3 Å². The van der Waals surface area contributed by atoms with E-state index < -0.39 is 24.0 Å². The quantitative estimate of drug-likeness (QED) is 0.365. The molecule has 6 nitrogen and oxygen atoms in total. The van der Waals surface area contributed by atoms with E-state index in [1.165, 1.54) is 17.0 Å². The SMILES string of the molecule is CCCCOc1ccc(N2C(=O)[C@@H]3[C@H](ON(c4ccccc4)[C@H]3c3ccc(F)cc3)C2=O)cc1. The van der Waals surface area contributed by atoms with E-state index in [1.54, 1.807) is 41.5 Å². The van der Waals surface area contributed by atoms with Crippen molar-refractivity contribution >= 4 is 23.2 Å². The van der Waals surface area contributed by atoms with Gasteiger partial charge in [-0.15, -0.1) is 0 Å². The summed E-state index contributed by atoms with van der Waals surface area (Å²) in [5.41, 5.74) is 1.88. The van der Waals surface area contributed by atoms with Gasteiger partial charge in [-0.25, -0.2) is 14.4 Å². The molecule has 0 radical (unpaired) electrons. The number of anilines is 2. The number of amides is 2. The summed E-state index contributed by atoms with van der Waals surface area (Å²) in [6.45, 7) is 2.71. The Hall–Kier alpha value is -3.71. The number of para-hydroxylation sites is 1. The van der Waals surface area contributed by atoms with Crippen LogP contribution in [-0.4, -0.2) is 24.5 Å². The Morgan fingerprint density at radius 1 is 0.882 bits per heavy atom. The summed E-state index contributed by atoms with van der Waals surface area (Å²) in [4.78, 5) is 34.3. The van der Waals surface area contributed by atoms with Gasteiger partial charge in [0, 0.05) is 0 Å². The second-order valence-corrected chi connectivity index (χ2v) is 8.42. The summed E-state index contributed by atoms with van der Waals surface area (Å²) in [7, 11) is 0. The van der Waals surface area contributed by atoms with E-state index in [0.717, 1.165) is 12.8 Å². The topological polar surface area (TPSA) is 59.1 Å². The predicted octanol–water partition coefficient (Wildman–Crippen LogP) is 5.06. The minimum Gasteiger partial charge on any atom is -0.494 e. The molecule has 2 saturated heterocycles. The van der Waals surface area contributed by atoms with Gasteiger partial charge in [-0.05, 0) is 60.5 Å². The maximum Gasteiger partial charge on any atom is 0.266 e. The molecule has 2 fully saturated rings. The molecule has 0 saturated carbocycles. The van der Waals surface area contributed by atoms with Gasteiger partial charge in [0.15, 0.2) is 6.10 Å². The molecule has 3 aromatic rings. The van der Waals surface area contributed by atoms with Crippen LogP contribution in [-0.2, 0) is 14.4 Å². The van der Waals surface area contributed by atoms with Gasteiger partial charge in [-0.3, -0.25) is 14.4 Å². The lowest BCUT2D eigenvalue weighted by Crippen LogP contribution is -2.37. The average Bonchev–Trinajstić information content (AvgIpc) is 3.37. The highest BCUT2D eigenvalue weighted by molar-refractivity contribution is 6.23. The highest BCUT2D eigenvalue weighted by Gasteiger charge is 2.60. The van der Waals surface area contributed by atoms with Gasteiger partial charge in [0.1, 0.15) is 17.5 Å². The maximum atomic E-state index is 13.6. The fourth-order valence-corrected chi connectivity index (χ4v) is 4.49. The second-order valence-electron chi connectivity index (χ2n) is 8.42. The Kier molecular flexibility index (Phi) is 6.02. The van der Waals surface area contributed by atoms with E-state index >= 15 is 0 Å². The molecule has 174 valence electrons. The van der Waals surface area contributed by atoms with Gasteiger partial charge >= 0.3 is 0 Å². The van der Waals surface area contributed by atoms with E-state index in [4.69, 9.17) is 9.57 Å². The number of ether oxygens (including phenoxy) is 1. The number of fused-ring (bicyclic) bond motifs is 1. The van der Waals surface area contributed by atoms with Crippen LogP contribution in [0.4, 0.5) is 15.8 Å². The van der Waals surface area contributed by atoms with Crippen molar-refractivity contribution in [2.24, 2.45) is 5.92 Å². The van der Waals surface area contributed by atoms with E-state index in [-0.39, 0.29) is 11.7 Å². The minimum atomic E-state index is -0.969. The predicted molar refractivity (Wildman–Crippen MR) is 126 cm³/mol. The third-order valence-electron chi connectivity index (χ3n) is 6.20. The zero-order chi connectivity index (χ0) is 23.7. The molecule has 34 heavy (non-hydrogen) atoms. The first-order valence-corrected chi connectivity index (χ1v) is 11.5. The number of hydrogen-bond acceptors (Lipinski definition) is 5. The molecule has 3 atom stereocenters. The van der Waals surface area contributed by atoms with Gasteiger partial charge in [0.05, 0.1) is 24.0 Å². The number of benzene rings is 3. The molecule has 2 aliphatic rings. The van der Waals surface area contributed by atoms with E-state index in [9.17, 15) is 14.0 Å². The first-order chi connectivity index (χ1) is 16.6. The zero-order valence-corrected chi connectivity index (χ0v) is 18.8. The monoisotopic (exact) mass is 460 g/mol.